The van der Waals surface area contributed by atoms with E-state index in [0.29, 0.717) is 6.61 Å². The molecule has 0 bridgehead atoms. The van der Waals surface area contributed by atoms with Gasteiger partial charge in [0.15, 0.2) is 0 Å². The highest BCUT2D eigenvalue weighted by Crippen LogP contribution is 2.19. The fourth-order valence-electron chi connectivity index (χ4n) is 1.11. The topological polar surface area (TPSA) is 35.5 Å². The largest absolute Gasteiger partial charge is 0.460 e. The molecule has 0 amide bonds. The number of methoxy groups -OCH3 is 1. The van der Waals surface area contributed by atoms with Crippen LogP contribution in [0, 0.1) is 5.92 Å². The summed E-state index contributed by atoms with van der Waals surface area (Å²) in [5, 5.41) is 0. The van der Waals surface area contributed by atoms with Crippen LogP contribution in [0.4, 0.5) is 0 Å². The zero-order valence-electron chi connectivity index (χ0n) is 6.29. The van der Waals surface area contributed by atoms with E-state index in [9.17, 15) is 4.79 Å². The standard InChI is InChI=1S/C7H12O3/c1-5-3-6(4-9-2)10-7(5)8/h5-6H,3-4H2,1-2H3. The monoisotopic (exact) mass is 144 g/mol. The van der Waals surface area contributed by atoms with Gasteiger partial charge in [-0.2, -0.15) is 0 Å². The van der Waals surface area contributed by atoms with Crippen molar-refractivity contribution < 1.29 is 14.3 Å². The number of cyclic esters (lactones) is 1. The number of hydrogen-bond acceptors (Lipinski definition) is 3. The van der Waals surface area contributed by atoms with Crippen LogP contribution < -0.4 is 0 Å². The lowest BCUT2D eigenvalue weighted by Crippen LogP contribution is -2.13. The Kier molecular flexibility index (Phi) is 2.27. The SMILES string of the molecule is COCC1CC(C)C(=O)O1. The average Bonchev–Trinajstić information content (AvgIpc) is 2.14. The Morgan fingerprint density at radius 3 is 2.90 bits per heavy atom. The van der Waals surface area contributed by atoms with Gasteiger partial charge < -0.3 is 9.47 Å². The van der Waals surface area contributed by atoms with Crippen molar-refractivity contribution >= 4 is 5.97 Å². The van der Waals surface area contributed by atoms with Gasteiger partial charge in [-0.1, -0.05) is 6.92 Å². The minimum absolute atomic E-state index is 0.00694. The van der Waals surface area contributed by atoms with Crippen molar-refractivity contribution in [2.24, 2.45) is 5.92 Å². The van der Waals surface area contributed by atoms with Gasteiger partial charge in [-0.15, -0.1) is 0 Å². The Labute approximate surface area is 60.3 Å². The molecular formula is C7H12O3. The number of carbonyl (C=O) groups is 1. The maximum atomic E-state index is 10.8. The first kappa shape index (κ1) is 7.54. The van der Waals surface area contributed by atoms with Gasteiger partial charge in [0.05, 0.1) is 12.5 Å². The number of hydrogen-bond donors (Lipinski definition) is 0. The van der Waals surface area contributed by atoms with Crippen LogP contribution >= 0.6 is 0 Å². The van der Waals surface area contributed by atoms with Crippen LogP contribution in [0.2, 0.25) is 0 Å². The molecular weight excluding hydrogens is 132 g/mol. The molecule has 0 aromatic rings. The second kappa shape index (κ2) is 3.01. The second-order valence-electron chi connectivity index (χ2n) is 2.65. The summed E-state index contributed by atoms with van der Waals surface area (Å²) < 4.78 is 9.80. The van der Waals surface area contributed by atoms with Gasteiger partial charge >= 0.3 is 5.97 Å². The normalized spacial score (nSPS) is 32.4. The van der Waals surface area contributed by atoms with Crippen molar-refractivity contribution in [2.45, 2.75) is 19.4 Å². The van der Waals surface area contributed by atoms with Crippen LogP contribution in [-0.4, -0.2) is 25.8 Å². The molecule has 0 aliphatic carbocycles. The molecule has 0 aromatic heterocycles. The van der Waals surface area contributed by atoms with Crippen molar-refractivity contribution in [1.82, 2.24) is 0 Å². The summed E-state index contributed by atoms with van der Waals surface area (Å²) in [7, 11) is 1.61. The molecule has 0 aromatic carbocycles. The lowest BCUT2D eigenvalue weighted by Gasteiger charge is -2.05. The van der Waals surface area contributed by atoms with Gasteiger partial charge in [-0.25, -0.2) is 0 Å². The van der Waals surface area contributed by atoms with Gasteiger partial charge in [0, 0.05) is 7.11 Å². The molecule has 2 unspecified atom stereocenters. The molecule has 0 saturated carbocycles. The van der Waals surface area contributed by atoms with E-state index in [2.05, 4.69) is 0 Å². The molecule has 1 aliphatic heterocycles. The van der Waals surface area contributed by atoms with Crippen LogP contribution in [0.15, 0.2) is 0 Å². The Hall–Kier alpha value is -0.570. The fraction of sp³-hybridized carbons (Fsp3) is 0.857. The minimum Gasteiger partial charge on any atom is -0.460 e. The summed E-state index contributed by atoms with van der Waals surface area (Å²) >= 11 is 0. The molecule has 1 heterocycles. The fourth-order valence-corrected chi connectivity index (χ4v) is 1.11. The lowest BCUT2D eigenvalue weighted by atomic mass is 10.1. The Balaban J connectivity index is 2.34. The lowest BCUT2D eigenvalue weighted by molar-refractivity contribution is -0.145. The first-order valence-electron chi connectivity index (χ1n) is 3.43. The summed E-state index contributed by atoms with van der Waals surface area (Å²) in [6, 6.07) is 0. The van der Waals surface area contributed by atoms with Crippen molar-refractivity contribution in [1.29, 1.82) is 0 Å². The van der Waals surface area contributed by atoms with E-state index < -0.39 is 0 Å². The van der Waals surface area contributed by atoms with E-state index >= 15 is 0 Å². The summed E-state index contributed by atoms with van der Waals surface area (Å²) in [6.07, 6.45) is 0.791. The number of rotatable bonds is 2. The minimum atomic E-state index is -0.0953. The smallest absolute Gasteiger partial charge is 0.309 e. The Bertz CT molecular complexity index is 133. The molecule has 0 spiro atoms. The third kappa shape index (κ3) is 1.48. The Morgan fingerprint density at radius 2 is 2.50 bits per heavy atom. The number of carbonyl (C=O) groups excluding carboxylic acids is 1. The summed E-state index contributed by atoms with van der Waals surface area (Å²) in [4.78, 5) is 10.8. The quantitative estimate of drug-likeness (QED) is 0.532. The van der Waals surface area contributed by atoms with E-state index in [0.717, 1.165) is 6.42 Å². The molecule has 2 atom stereocenters. The first-order chi connectivity index (χ1) is 4.74. The first-order valence-corrected chi connectivity index (χ1v) is 3.43. The number of esters is 1. The third-order valence-electron chi connectivity index (χ3n) is 1.65. The van der Waals surface area contributed by atoms with E-state index in [-0.39, 0.29) is 18.0 Å². The zero-order chi connectivity index (χ0) is 7.56. The highest BCUT2D eigenvalue weighted by molar-refractivity contribution is 5.74. The summed E-state index contributed by atoms with van der Waals surface area (Å²) in [5.74, 6) is -0.0396. The van der Waals surface area contributed by atoms with Crippen LogP contribution in [0.3, 0.4) is 0 Å². The molecule has 3 nitrogen and oxygen atoms in total. The van der Waals surface area contributed by atoms with Crippen molar-refractivity contribution in [3.63, 3.8) is 0 Å². The van der Waals surface area contributed by atoms with Crippen LogP contribution in [0.1, 0.15) is 13.3 Å². The van der Waals surface area contributed by atoms with Crippen LogP contribution in [0.25, 0.3) is 0 Å². The molecule has 0 radical (unpaired) electrons. The van der Waals surface area contributed by atoms with E-state index in [1.54, 1.807) is 7.11 Å². The van der Waals surface area contributed by atoms with Gasteiger partial charge in [0.1, 0.15) is 6.10 Å². The second-order valence-corrected chi connectivity index (χ2v) is 2.65. The van der Waals surface area contributed by atoms with Gasteiger partial charge in [-0.3, -0.25) is 4.79 Å². The molecule has 1 aliphatic rings. The van der Waals surface area contributed by atoms with Gasteiger partial charge in [0.25, 0.3) is 0 Å². The zero-order valence-corrected chi connectivity index (χ0v) is 6.29. The highest BCUT2D eigenvalue weighted by Gasteiger charge is 2.30. The molecule has 1 fully saturated rings. The maximum absolute atomic E-state index is 10.8. The molecule has 1 saturated heterocycles. The van der Waals surface area contributed by atoms with E-state index in [1.165, 1.54) is 0 Å². The average molecular weight is 144 g/mol. The highest BCUT2D eigenvalue weighted by atomic mass is 16.6. The third-order valence-corrected chi connectivity index (χ3v) is 1.65. The molecule has 58 valence electrons. The van der Waals surface area contributed by atoms with Crippen LogP contribution in [-0.2, 0) is 14.3 Å². The van der Waals surface area contributed by atoms with Crippen LogP contribution in [0.5, 0.6) is 0 Å². The predicted molar refractivity (Wildman–Crippen MR) is 35.5 cm³/mol. The summed E-state index contributed by atoms with van der Waals surface area (Å²) in [5.41, 5.74) is 0. The maximum Gasteiger partial charge on any atom is 0.309 e. The predicted octanol–water partition coefficient (Wildman–Crippen LogP) is 0.584. The molecule has 0 N–H and O–H groups in total. The van der Waals surface area contributed by atoms with Crippen molar-refractivity contribution in [2.75, 3.05) is 13.7 Å². The van der Waals surface area contributed by atoms with E-state index in [1.807, 2.05) is 6.92 Å². The van der Waals surface area contributed by atoms with Gasteiger partial charge in [0.2, 0.25) is 0 Å². The van der Waals surface area contributed by atoms with Gasteiger partial charge in [-0.05, 0) is 6.42 Å². The molecule has 1 rings (SSSR count). The van der Waals surface area contributed by atoms with Crippen molar-refractivity contribution in [3.05, 3.63) is 0 Å². The molecule has 3 heteroatoms. The Morgan fingerprint density at radius 1 is 1.80 bits per heavy atom. The number of ether oxygens (including phenoxy) is 2. The van der Waals surface area contributed by atoms with E-state index in [4.69, 9.17) is 9.47 Å². The van der Waals surface area contributed by atoms with Crippen molar-refractivity contribution in [3.8, 4) is 0 Å². The molecule has 10 heavy (non-hydrogen) atoms. The summed E-state index contributed by atoms with van der Waals surface area (Å²) in [6.45, 7) is 2.40.